The molecule has 2 aromatic rings. The van der Waals surface area contributed by atoms with Gasteiger partial charge in [0.25, 0.3) is 0 Å². The molecule has 0 spiro atoms. The van der Waals surface area contributed by atoms with Crippen molar-refractivity contribution >= 4 is 29.0 Å². The lowest BCUT2D eigenvalue weighted by Gasteiger charge is -2.34. The molecule has 0 radical (unpaired) electrons. The Morgan fingerprint density at radius 3 is 2.48 bits per heavy atom. The van der Waals surface area contributed by atoms with E-state index in [1.807, 2.05) is 39.4 Å². The van der Waals surface area contributed by atoms with Crippen LogP contribution in [-0.2, 0) is 4.79 Å². The number of carbonyl (C=O) groups excluding carboxylic acids is 2. The van der Waals surface area contributed by atoms with E-state index in [0.717, 1.165) is 61.6 Å². The van der Waals surface area contributed by atoms with Gasteiger partial charge in [0.1, 0.15) is 5.01 Å². The number of hydrogen-bond acceptors (Lipinski definition) is 4. The zero-order valence-electron chi connectivity index (χ0n) is 15.3. The largest absolute Gasteiger partial charge is 0.326 e. The second kappa shape index (κ2) is 8.08. The number of rotatable bonds is 3. The van der Waals surface area contributed by atoms with E-state index in [0.29, 0.717) is 6.54 Å². The first-order valence-corrected chi connectivity index (χ1v) is 10.4. The summed E-state index contributed by atoms with van der Waals surface area (Å²) in [7, 11) is 0. The van der Waals surface area contributed by atoms with E-state index in [-0.39, 0.29) is 17.9 Å². The summed E-state index contributed by atoms with van der Waals surface area (Å²) in [6.45, 7) is 2.95. The number of urea groups is 1. The van der Waals surface area contributed by atoms with E-state index in [1.165, 1.54) is 0 Å². The van der Waals surface area contributed by atoms with Crippen LogP contribution < -0.4 is 5.32 Å². The molecule has 1 aromatic heterocycles. The number of hydrogen-bond donors (Lipinski definition) is 1. The number of likely N-dealkylation sites (tertiary alicyclic amines) is 2. The number of amides is 3. The monoisotopic (exact) mass is 384 g/mol. The first kappa shape index (κ1) is 18.0. The molecule has 0 saturated carbocycles. The minimum atomic E-state index is -0.149. The van der Waals surface area contributed by atoms with E-state index in [4.69, 9.17) is 0 Å². The van der Waals surface area contributed by atoms with Gasteiger partial charge >= 0.3 is 6.03 Å². The quantitative estimate of drug-likeness (QED) is 0.878. The SMILES string of the molecule is O=C(Nc1ccc(-c2nccs2)cc1)C1CCCN(C(=O)N2CCCC2)C1. The highest BCUT2D eigenvalue weighted by Crippen LogP contribution is 2.25. The van der Waals surface area contributed by atoms with Crippen LogP contribution in [0, 0.1) is 5.92 Å². The molecule has 2 aliphatic rings. The van der Waals surface area contributed by atoms with Crippen LogP contribution in [0.1, 0.15) is 25.7 Å². The van der Waals surface area contributed by atoms with Gasteiger partial charge in [-0.15, -0.1) is 11.3 Å². The predicted molar refractivity (Wildman–Crippen MR) is 107 cm³/mol. The Morgan fingerprint density at radius 2 is 1.78 bits per heavy atom. The fourth-order valence-electron chi connectivity index (χ4n) is 3.78. The van der Waals surface area contributed by atoms with E-state index >= 15 is 0 Å². The average molecular weight is 385 g/mol. The Morgan fingerprint density at radius 1 is 1.04 bits per heavy atom. The number of nitrogens with zero attached hydrogens (tertiary/aromatic N) is 3. The molecular formula is C20H24N4O2S. The molecule has 4 rings (SSSR count). The molecule has 2 saturated heterocycles. The number of anilines is 1. The number of nitrogens with one attached hydrogen (secondary N) is 1. The van der Waals surface area contributed by atoms with E-state index < -0.39 is 0 Å². The molecule has 6 nitrogen and oxygen atoms in total. The predicted octanol–water partition coefficient (Wildman–Crippen LogP) is 3.68. The molecule has 1 N–H and O–H groups in total. The fourth-order valence-corrected chi connectivity index (χ4v) is 4.42. The lowest BCUT2D eigenvalue weighted by Crippen LogP contribution is -2.48. The van der Waals surface area contributed by atoms with Crippen molar-refractivity contribution < 1.29 is 9.59 Å². The molecule has 142 valence electrons. The van der Waals surface area contributed by atoms with E-state index in [9.17, 15) is 9.59 Å². The third-order valence-corrected chi connectivity index (χ3v) is 6.09. The lowest BCUT2D eigenvalue weighted by molar-refractivity contribution is -0.121. The van der Waals surface area contributed by atoms with Crippen molar-refractivity contribution in [3.8, 4) is 10.6 Å². The summed E-state index contributed by atoms with van der Waals surface area (Å²) in [5, 5.41) is 5.92. The van der Waals surface area contributed by atoms with Crippen LogP contribution >= 0.6 is 11.3 Å². The minimum absolute atomic E-state index is 0.00378. The van der Waals surface area contributed by atoms with Crippen LogP contribution in [0.2, 0.25) is 0 Å². The maximum Gasteiger partial charge on any atom is 0.320 e. The summed E-state index contributed by atoms with van der Waals surface area (Å²) in [6, 6.07) is 7.85. The van der Waals surface area contributed by atoms with Gasteiger partial charge in [-0.2, -0.15) is 0 Å². The van der Waals surface area contributed by atoms with Crippen molar-refractivity contribution in [2.24, 2.45) is 5.92 Å². The maximum absolute atomic E-state index is 12.7. The van der Waals surface area contributed by atoms with Crippen LogP contribution in [-0.4, -0.2) is 52.9 Å². The molecule has 1 aromatic carbocycles. The van der Waals surface area contributed by atoms with Crippen LogP contribution in [0.25, 0.3) is 10.6 Å². The van der Waals surface area contributed by atoms with Gasteiger partial charge in [-0.05, 0) is 49.9 Å². The normalized spacial score (nSPS) is 19.9. The molecule has 0 bridgehead atoms. The molecule has 7 heteroatoms. The summed E-state index contributed by atoms with van der Waals surface area (Å²) in [5.74, 6) is -0.153. The highest BCUT2D eigenvalue weighted by atomic mass is 32.1. The topological polar surface area (TPSA) is 65.5 Å². The Labute approximate surface area is 163 Å². The molecule has 27 heavy (non-hydrogen) atoms. The Balaban J connectivity index is 1.35. The van der Waals surface area contributed by atoms with Crippen LogP contribution in [0.15, 0.2) is 35.8 Å². The Kier molecular flexibility index (Phi) is 5.38. The maximum atomic E-state index is 12.7. The summed E-state index contributed by atoms with van der Waals surface area (Å²) in [4.78, 5) is 33.4. The van der Waals surface area contributed by atoms with Crippen LogP contribution in [0.4, 0.5) is 10.5 Å². The molecule has 2 fully saturated rings. The van der Waals surface area contributed by atoms with Crippen molar-refractivity contribution in [3.63, 3.8) is 0 Å². The third kappa shape index (κ3) is 4.13. The molecule has 2 aliphatic heterocycles. The molecule has 1 unspecified atom stereocenters. The van der Waals surface area contributed by atoms with Gasteiger partial charge < -0.3 is 15.1 Å². The Bertz CT molecular complexity index is 785. The molecule has 3 amide bonds. The van der Waals surface area contributed by atoms with Crippen molar-refractivity contribution in [1.82, 2.24) is 14.8 Å². The molecule has 1 atom stereocenters. The van der Waals surface area contributed by atoms with E-state index in [2.05, 4.69) is 10.3 Å². The standard InChI is InChI=1S/C20H24N4O2S/c25-18(22-17-7-5-15(6-8-17)19-21-9-13-27-19)16-4-3-12-24(14-16)20(26)23-10-1-2-11-23/h5-9,13,16H,1-4,10-12,14H2,(H,22,25). The first-order chi connectivity index (χ1) is 13.2. The number of aromatic nitrogens is 1. The number of carbonyl (C=O) groups is 2. The van der Waals surface area contributed by atoms with Crippen molar-refractivity contribution in [2.45, 2.75) is 25.7 Å². The van der Waals surface area contributed by atoms with Gasteiger partial charge in [-0.1, -0.05) is 0 Å². The van der Waals surface area contributed by atoms with E-state index in [1.54, 1.807) is 17.5 Å². The van der Waals surface area contributed by atoms with Gasteiger partial charge in [0, 0.05) is 49.0 Å². The molecule has 3 heterocycles. The fraction of sp³-hybridized carbons (Fsp3) is 0.450. The summed E-state index contributed by atoms with van der Waals surface area (Å²) in [6.07, 6.45) is 5.66. The second-order valence-corrected chi connectivity index (χ2v) is 8.06. The molecular weight excluding hydrogens is 360 g/mol. The first-order valence-electron chi connectivity index (χ1n) is 9.55. The zero-order chi connectivity index (χ0) is 18.6. The number of piperidine rings is 1. The minimum Gasteiger partial charge on any atom is -0.326 e. The lowest BCUT2D eigenvalue weighted by atomic mass is 9.97. The zero-order valence-corrected chi connectivity index (χ0v) is 16.1. The number of thiazole rings is 1. The molecule has 0 aliphatic carbocycles. The summed E-state index contributed by atoms with van der Waals surface area (Å²) in [5.41, 5.74) is 1.83. The Hall–Kier alpha value is -2.41. The van der Waals surface area contributed by atoms with Crippen molar-refractivity contribution in [3.05, 3.63) is 35.8 Å². The smallest absolute Gasteiger partial charge is 0.320 e. The van der Waals surface area contributed by atoms with Gasteiger partial charge in [0.05, 0.1) is 5.92 Å². The summed E-state index contributed by atoms with van der Waals surface area (Å²) >= 11 is 1.59. The highest BCUT2D eigenvalue weighted by molar-refractivity contribution is 7.13. The van der Waals surface area contributed by atoms with Gasteiger partial charge in [-0.25, -0.2) is 9.78 Å². The third-order valence-electron chi connectivity index (χ3n) is 5.27. The number of benzene rings is 1. The highest BCUT2D eigenvalue weighted by Gasteiger charge is 2.31. The van der Waals surface area contributed by atoms with Gasteiger partial charge in [0.15, 0.2) is 0 Å². The second-order valence-electron chi connectivity index (χ2n) is 7.17. The van der Waals surface area contributed by atoms with Gasteiger partial charge in [-0.3, -0.25) is 4.79 Å². The van der Waals surface area contributed by atoms with Crippen molar-refractivity contribution in [1.29, 1.82) is 0 Å². The van der Waals surface area contributed by atoms with Crippen LogP contribution in [0.5, 0.6) is 0 Å². The average Bonchev–Trinajstić information content (AvgIpc) is 3.42. The van der Waals surface area contributed by atoms with Crippen LogP contribution in [0.3, 0.4) is 0 Å². The summed E-state index contributed by atoms with van der Waals surface area (Å²) < 4.78 is 0. The van der Waals surface area contributed by atoms with Crippen molar-refractivity contribution in [2.75, 3.05) is 31.5 Å². The van der Waals surface area contributed by atoms with Gasteiger partial charge in [0.2, 0.25) is 5.91 Å².